The van der Waals surface area contributed by atoms with Crippen molar-refractivity contribution in [3.05, 3.63) is 0 Å². The highest BCUT2D eigenvalue weighted by Gasteiger charge is 2.35. The van der Waals surface area contributed by atoms with Crippen molar-refractivity contribution in [1.82, 2.24) is 9.21 Å². The first kappa shape index (κ1) is 14.2. The van der Waals surface area contributed by atoms with E-state index in [2.05, 4.69) is 0 Å². The Morgan fingerprint density at radius 1 is 1.18 bits per heavy atom. The highest BCUT2D eigenvalue weighted by Crippen LogP contribution is 2.21. The molecule has 0 aromatic heterocycles. The first-order valence-electron chi connectivity index (χ1n) is 4.72. The Morgan fingerprint density at radius 3 is 2.00 bits per heavy atom. The minimum atomic E-state index is -4.55. The van der Waals surface area contributed by atoms with E-state index in [9.17, 15) is 26.4 Å². The smallest absolute Gasteiger partial charge is 0.340 e. The summed E-state index contributed by atoms with van der Waals surface area (Å²) in [5.41, 5.74) is 0. The molecule has 17 heavy (non-hydrogen) atoms. The summed E-state index contributed by atoms with van der Waals surface area (Å²) in [6, 6.07) is 0. The molecule has 0 bridgehead atoms. The van der Waals surface area contributed by atoms with Crippen LogP contribution in [0.4, 0.5) is 13.2 Å². The van der Waals surface area contributed by atoms with Gasteiger partial charge in [0.2, 0.25) is 5.91 Å². The highest BCUT2D eigenvalue weighted by atomic mass is 32.2. The van der Waals surface area contributed by atoms with Gasteiger partial charge in [-0.2, -0.15) is 25.9 Å². The standard InChI is InChI=1S/C7H12F3N3O3S/c8-7(9,10)5-6(14)12-1-3-13(4-2-12)17(11,15)16/h1-5H2,(H2,11,15,16). The van der Waals surface area contributed by atoms with E-state index in [1.807, 2.05) is 0 Å². The van der Waals surface area contributed by atoms with Crippen molar-refractivity contribution in [3.63, 3.8) is 0 Å². The number of carbonyl (C=O) groups excluding carboxylic acids is 1. The second-order valence-corrected chi connectivity index (χ2v) is 5.16. The normalized spacial score (nSPS) is 19.4. The molecule has 2 N–H and O–H groups in total. The molecule has 100 valence electrons. The molecule has 1 aliphatic rings. The van der Waals surface area contributed by atoms with Gasteiger partial charge in [-0.1, -0.05) is 0 Å². The number of piperazine rings is 1. The largest absolute Gasteiger partial charge is 0.397 e. The van der Waals surface area contributed by atoms with E-state index in [1.165, 1.54) is 0 Å². The number of nitrogens with two attached hydrogens (primary N) is 1. The number of hydrogen-bond acceptors (Lipinski definition) is 3. The molecule has 1 amide bonds. The molecule has 0 unspecified atom stereocenters. The molecule has 0 spiro atoms. The third-order valence-electron chi connectivity index (χ3n) is 2.30. The molecule has 6 nitrogen and oxygen atoms in total. The van der Waals surface area contributed by atoms with Crippen LogP contribution in [0.25, 0.3) is 0 Å². The third kappa shape index (κ3) is 4.48. The molecule has 0 aromatic carbocycles. The Labute approximate surface area is 96.3 Å². The number of alkyl halides is 3. The molecular weight excluding hydrogens is 263 g/mol. The van der Waals surface area contributed by atoms with E-state index in [0.29, 0.717) is 0 Å². The summed E-state index contributed by atoms with van der Waals surface area (Å²) >= 11 is 0. The Morgan fingerprint density at radius 2 is 1.65 bits per heavy atom. The second-order valence-electron chi connectivity index (χ2n) is 3.62. The average Bonchev–Trinajstić information content (AvgIpc) is 2.14. The van der Waals surface area contributed by atoms with Gasteiger partial charge in [0.15, 0.2) is 0 Å². The lowest BCUT2D eigenvalue weighted by atomic mass is 10.3. The van der Waals surface area contributed by atoms with Crippen LogP contribution in [0.1, 0.15) is 6.42 Å². The van der Waals surface area contributed by atoms with Crippen molar-refractivity contribution in [2.75, 3.05) is 26.2 Å². The van der Waals surface area contributed by atoms with E-state index in [0.717, 1.165) is 9.21 Å². The summed E-state index contributed by atoms with van der Waals surface area (Å²) in [6.45, 7) is -0.318. The fraction of sp³-hybridized carbons (Fsp3) is 0.857. The highest BCUT2D eigenvalue weighted by molar-refractivity contribution is 7.86. The first-order chi connectivity index (χ1) is 7.59. The van der Waals surface area contributed by atoms with Crippen molar-refractivity contribution in [2.45, 2.75) is 12.6 Å². The number of halogens is 3. The van der Waals surface area contributed by atoms with Crippen molar-refractivity contribution >= 4 is 16.1 Å². The van der Waals surface area contributed by atoms with Crippen LogP contribution in [-0.2, 0) is 15.0 Å². The molecule has 0 radical (unpaired) electrons. The van der Waals surface area contributed by atoms with Gasteiger partial charge in [0.1, 0.15) is 6.42 Å². The van der Waals surface area contributed by atoms with E-state index in [1.54, 1.807) is 0 Å². The zero-order chi connectivity index (χ0) is 13.3. The van der Waals surface area contributed by atoms with Crippen LogP contribution in [0.2, 0.25) is 0 Å². The van der Waals surface area contributed by atoms with Crippen molar-refractivity contribution in [2.24, 2.45) is 5.14 Å². The molecule has 1 heterocycles. The zero-order valence-corrected chi connectivity index (χ0v) is 9.59. The fourth-order valence-corrected chi connectivity index (χ4v) is 2.15. The van der Waals surface area contributed by atoms with Crippen LogP contribution in [0.3, 0.4) is 0 Å². The number of nitrogens with zero attached hydrogens (tertiary/aromatic N) is 2. The number of carbonyl (C=O) groups is 1. The van der Waals surface area contributed by atoms with Crippen LogP contribution in [0.15, 0.2) is 0 Å². The van der Waals surface area contributed by atoms with Gasteiger partial charge >= 0.3 is 6.18 Å². The molecule has 1 rings (SSSR count). The summed E-state index contributed by atoms with van der Waals surface area (Å²) in [5, 5.41) is 4.85. The van der Waals surface area contributed by atoms with Crippen LogP contribution in [0, 0.1) is 0 Å². The van der Waals surface area contributed by atoms with Gasteiger partial charge in [-0.05, 0) is 0 Å². The molecule has 0 saturated carbocycles. The summed E-state index contributed by atoms with van der Waals surface area (Å²) in [7, 11) is -3.84. The predicted octanol–water partition coefficient (Wildman–Crippen LogP) is -0.713. The van der Waals surface area contributed by atoms with Crippen LogP contribution in [0.5, 0.6) is 0 Å². The predicted molar refractivity (Wildman–Crippen MR) is 51.9 cm³/mol. The monoisotopic (exact) mass is 275 g/mol. The summed E-state index contributed by atoms with van der Waals surface area (Å²) in [4.78, 5) is 12.2. The van der Waals surface area contributed by atoms with Crippen LogP contribution < -0.4 is 5.14 Å². The topological polar surface area (TPSA) is 83.7 Å². The number of hydrogen-bond donors (Lipinski definition) is 1. The van der Waals surface area contributed by atoms with Gasteiger partial charge in [-0.15, -0.1) is 0 Å². The lowest BCUT2D eigenvalue weighted by molar-refractivity contribution is -0.162. The minimum Gasteiger partial charge on any atom is -0.340 e. The van der Waals surface area contributed by atoms with E-state index in [-0.39, 0.29) is 26.2 Å². The molecule has 1 saturated heterocycles. The number of rotatable bonds is 2. The Hall–Kier alpha value is -0.870. The Balaban J connectivity index is 2.50. The summed E-state index contributed by atoms with van der Waals surface area (Å²) in [5.74, 6) is -1.05. The van der Waals surface area contributed by atoms with E-state index >= 15 is 0 Å². The van der Waals surface area contributed by atoms with Crippen molar-refractivity contribution in [3.8, 4) is 0 Å². The van der Waals surface area contributed by atoms with Crippen molar-refractivity contribution < 1.29 is 26.4 Å². The minimum absolute atomic E-state index is 0.0780. The second kappa shape index (κ2) is 4.78. The average molecular weight is 275 g/mol. The van der Waals surface area contributed by atoms with Gasteiger partial charge in [0.05, 0.1) is 0 Å². The molecule has 0 aliphatic carbocycles. The maximum Gasteiger partial charge on any atom is 0.397 e. The van der Waals surface area contributed by atoms with Crippen LogP contribution in [-0.4, -0.2) is 55.9 Å². The maximum atomic E-state index is 12.0. The van der Waals surface area contributed by atoms with Gasteiger partial charge < -0.3 is 4.90 Å². The SMILES string of the molecule is NS(=O)(=O)N1CCN(C(=O)CC(F)(F)F)CC1. The van der Waals surface area contributed by atoms with Gasteiger partial charge in [0.25, 0.3) is 10.2 Å². The molecular formula is C7H12F3N3O3S. The quantitative estimate of drug-likeness (QED) is 0.722. The number of amides is 1. The van der Waals surface area contributed by atoms with Crippen molar-refractivity contribution in [1.29, 1.82) is 0 Å². The third-order valence-corrected chi connectivity index (χ3v) is 3.39. The molecule has 10 heteroatoms. The van der Waals surface area contributed by atoms with Gasteiger partial charge in [-0.25, -0.2) is 5.14 Å². The first-order valence-corrected chi connectivity index (χ1v) is 6.22. The maximum absolute atomic E-state index is 12.0. The lowest BCUT2D eigenvalue weighted by Crippen LogP contribution is -2.52. The van der Waals surface area contributed by atoms with Gasteiger partial charge in [-0.3, -0.25) is 4.79 Å². The Kier molecular flexibility index (Phi) is 3.99. The van der Waals surface area contributed by atoms with Gasteiger partial charge in [0, 0.05) is 26.2 Å². The molecule has 1 fully saturated rings. The fourth-order valence-electron chi connectivity index (χ4n) is 1.48. The van der Waals surface area contributed by atoms with Crippen LogP contribution >= 0.6 is 0 Å². The zero-order valence-electron chi connectivity index (χ0n) is 8.77. The van der Waals surface area contributed by atoms with E-state index < -0.39 is 28.7 Å². The Bertz CT molecular complexity index is 387. The molecule has 1 aliphatic heterocycles. The molecule has 0 atom stereocenters. The van der Waals surface area contributed by atoms with E-state index in [4.69, 9.17) is 5.14 Å². The summed E-state index contributed by atoms with van der Waals surface area (Å²) in [6.07, 6.45) is -6.07. The summed E-state index contributed by atoms with van der Waals surface area (Å²) < 4.78 is 58.6. The molecule has 0 aromatic rings. The lowest BCUT2D eigenvalue weighted by Gasteiger charge is -2.33.